The van der Waals surface area contributed by atoms with Crippen molar-refractivity contribution in [3.63, 3.8) is 0 Å². The maximum Gasteiger partial charge on any atom is 0.252 e. The zero-order chi connectivity index (χ0) is 18.5. The van der Waals surface area contributed by atoms with Gasteiger partial charge in [-0.2, -0.15) is 0 Å². The molecule has 3 rings (SSSR count). The van der Waals surface area contributed by atoms with Gasteiger partial charge in [-0.3, -0.25) is 4.79 Å². The summed E-state index contributed by atoms with van der Waals surface area (Å²) in [6.07, 6.45) is -0.0227. The van der Waals surface area contributed by atoms with Gasteiger partial charge in [0.25, 0.3) is 5.91 Å². The summed E-state index contributed by atoms with van der Waals surface area (Å²) in [5, 5.41) is 9.71. The lowest BCUT2D eigenvalue weighted by atomic mass is 10.2. The van der Waals surface area contributed by atoms with E-state index in [2.05, 4.69) is 14.8 Å². The number of nitrogens with zero attached hydrogens (tertiary/aromatic N) is 3. The number of aliphatic hydroxyl groups is 1. The van der Waals surface area contributed by atoms with Gasteiger partial charge in [-0.1, -0.05) is 12.1 Å². The Kier molecular flexibility index (Phi) is 4.87. The maximum atomic E-state index is 11.1. The highest BCUT2D eigenvalue weighted by molar-refractivity contribution is 5.79. The Morgan fingerprint density at radius 2 is 1.69 bits per heavy atom. The van der Waals surface area contributed by atoms with Crippen molar-refractivity contribution in [1.82, 2.24) is 9.97 Å². The molecule has 7 heteroatoms. The summed E-state index contributed by atoms with van der Waals surface area (Å²) in [5.41, 5.74) is 6.47. The minimum absolute atomic E-state index is 0.141. The third-order valence-corrected chi connectivity index (χ3v) is 3.54. The first kappa shape index (κ1) is 17.1. The lowest BCUT2D eigenvalue weighted by Gasteiger charge is -2.09. The van der Waals surface area contributed by atoms with Crippen LogP contribution in [-0.2, 0) is 4.79 Å². The molecule has 0 aliphatic carbocycles. The van der Waals surface area contributed by atoms with E-state index in [4.69, 9.17) is 17.0 Å². The molecule has 1 atom stereocenters. The number of benzene rings is 2. The van der Waals surface area contributed by atoms with Gasteiger partial charge in [0.2, 0.25) is 0 Å². The van der Waals surface area contributed by atoms with Gasteiger partial charge in [0.15, 0.2) is 17.6 Å². The van der Waals surface area contributed by atoms with Gasteiger partial charge in [0.05, 0.1) is 12.3 Å². The third kappa shape index (κ3) is 3.83. The highest BCUT2D eigenvalue weighted by Crippen LogP contribution is 2.26. The Morgan fingerprint density at radius 3 is 2.27 bits per heavy atom. The summed E-state index contributed by atoms with van der Waals surface area (Å²) >= 11 is 0. The molecule has 2 aromatic carbocycles. The Bertz CT molecular complexity index is 963. The predicted octanol–water partition coefficient (Wildman–Crippen LogP) is 3.01. The summed E-state index contributed by atoms with van der Waals surface area (Å²) < 4.78 is 5.72. The predicted molar refractivity (Wildman–Crippen MR) is 94.4 cm³/mol. The number of hydrogen-bond acceptors (Lipinski definition) is 5. The molecule has 128 valence electrons. The van der Waals surface area contributed by atoms with Crippen molar-refractivity contribution in [1.29, 1.82) is 0 Å². The first-order valence-electron chi connectivity index (χ1n) is 7.63. The Labute approximate surface area is 149 Å². The Hall–Kier alpha value is -3.76. The van der Waals surface area contributed by atoms with E-state index in [-0.39, 0.29) is 5.69 Å². The first-order chi connectivity index (χ1) is 12.6. The molecule has 0 bridgehead atoms. The minimum Gasteiger partial charge on any atom is -0.457 e. The molecule has 3 N–H and O–H groups in total. The van der Waals surface area contributed by atoms with Crippen LogP contribution in [0.2, 0.25) is 0 Å². The molecule has 0 saturated carbocycles. The number of nitrogens with two attached hydrogens (primary N) is 1. The van der Waals surface area contributed by atoms with Crippen LogP contribution in [-0.4, -0.2) is 21.0 Å². The molecular weight excluding hydrogens is 332 g/mol. The van der Waals surface area contributed by atoms with Gasteiger partial charge in [-0.15, -0.1) is 0 Å². The molecule has 0 unspecified atom stereocenters. The quantitative estimate of drug-likeness (QED) is 0.691. The largest absolute Gasteiger partial charge is 0.457 e. The van der Waals surface area contributed by atoms with Gasteiger partial charge in [0.1, 0.15) is 11.5 Å². The van der Waals surface area contributed by atoms with Crippen LogP contribution in [0.4, 0.5) is 5.69 Å². The van der Waals surface area contributed by atoms with Gasteiger partial charge >= 0.3 is 0 Å². The smallest absolute Gasteiger partial charge is 0.252 e. The minimum atomic E-state index is -1.47. The van der Waals surface area contributed by atoms with Crippen LogP contribution in [0.1, 0.15) is 11.8 Å². The van der Waals surface area contributed by atoms with Crippen LogP contribution in [0.5, 0.6) is 11.5 Å². The summed E-state index contributed by atoms with van der Waals surface area (Å²) in [7, 11) is 0. The fourth-order valence-corrected chi connectivity index (χ4v) is 2.21. The lowest BCUT2D eigenvalue weighted by Crippen LogP contribution is -2.21. The second-order valence-corrected chi connectivity index (χ2v) is 5.34. The van der Waals surface area contributed by atoms with Gasteiger partial charge in [0, 0.05) is 11.8 Å². The number of hydrogen-bond donors (Lipinski definition) is 2. The zero-order valence-corrected chi connectivity index (χ0v) is 13.5. The summed E-state index contributed by atoms with van der Waals surface area (Å²) in [4.78, 5) is 22.7. The SMILES string of the molecule is [C-]#[N+]c1ccc(Oc2ccc(-c3nccc([C@@H](O)C(N)=O)n3)cc2)cc1. The molecule has 3 aromatic rings. The van der Waals surface area contributed by atoms with Gasteiger partial charge in [-0.25, -0.2) is 14.8 Å². The summed E-state index contributed by atoms with van der Waals surface area (Å²) in [6, 6.07) is 15.3. The van der Waals surface area contributed by atoms with Crippen molar-refractivity contribution < 1.29 is 14.6 Å². The number of rotatable bonds is 5. The van der Waals surface area contributed by atoms with Crippen LogP contribution in [0.25, 0.3) is 16.2 Å². The fourth-order valence-electron chi connectivity index (χ4n) is 2.21. The standard InChI is InChI=1S/C19H14N4O3/c1-21-13-4-8-15(9-5-13)26-14-6-2-12(3-7-14)19-22-11-10-16(23-19)17(24)18(20)25/h2-11,17,24H,(H2,20,25)/t17-/m1/s1. The topological polar surface area (TPSA) is 103 Å². The molecule has 0 fully saturated rings. The van der Waals surface area contributed by atoms with Crippen molar-refractivity contribution in [2.24, 2.45) is 5.73 Å². The van der Waals surface area contributed by atoms with Crippen LogP contribution in [0.15, 0.2) is 60.8 Å². The maximum absolute atomic E-state index is 11.1. The van der Waals surface area contributed by atoms with E-state index < -0.39 is 12.0 Å². The van der Waals surface area contributed by atoms with E-state index >= 15 is 0 Å². The van der Waals surface area contributed by atoms with Gasteiger partial charge in [-0.05, 0) is 42.5 Å². The van der Waals surface area contributed by atoms with Crippen molar-refractivity contribution >= 4 is 11.6 Å². The van der Waals surface area contributed by atoms with E-state index in [9.17, 15) is 9.90 Å². The number of amides is 1. The van der Waals surface area contributed by atoms with E-state index in [1.165, 1.54) is 12.3 Å². The Morgan fingerprint density at radius 1 is 1.08 bits per heavy atom. The van der Waals surface area contributed by atoms with Crippen LogP contribution >= 0.6 is 0 Å². The van der Waals surface area contributed by atoms with Crippen molar-refractivity contribution in [3.05, 3.63) is 77.9 Å². The average Bonchev–Trinajstić information content (AvgIpc) is 2.68. The number of primary amides is 1. The van der Waals surface area contributed by atoms with Gasteiger partial charge < -0.3 is 15.6 Å². The summed E-state index contributed by atoms with van der Waals surface area (Å²) in [6.45, 7) is 6.94. The molecular formula is C19H14N4O3. The fraction of sp³-hybridized carbons (Fsp3) is 0.0526. The third-order valence-electron chi connectivity index (χ3n) is 3.54. The van der Waals surface area contributed by atoms with E-state index in [1.807, 2.05) is 0 Å². The molecule has 0 saturated heterocycles. The number of aromatic nitrogens is 2. The van der Waals surface area contributed by atoms with Crippen LogP contribution in [0.3, 0.4) is 0 Å². The van der Waals surface area contributed by atoms with Crippen molar-refractivity contribution in [2.75, 3.05) is 0 Å². The molecule has 7 nitrogen and oxygen atoms in total. The average molecular weight is 346 g/mol. The highest BCUT2D eigenvalue weighted by atomic mass is 16.5. The number of ether oxygens (including phenoxy) is 1. The first-order valence-corrected chi connectivity index (χ1v) is 7.63. The molecule has 26 heavy (non-hydrogen) atoms. The normalized spacial score (nSPS) is 11.4. The Balaban J connectivity index is 1.78. The second-order valence-electron chi connectivity index (χ2n) is 5.34. The number of carbonyl (C=O) groups excluding carboxylic acids is 1. The van der Waals surface area contributed by atoms with Crippen molar-refractivity contribution in [3.8, 4) is 22.9 Å². The summed E-state index contributed by atoms with van der Waals surface area (Å²) in [5.74, 6) is 0.712. The molecule has 0 spiro atoms. The van der Waals surface area contributed by atoms with Crippen LogP contribution in [0, 0.1) is 6.57 Å². The lowest BCUT2D eigenvalue weighted by molar-refractivity contribution is -0.126. The molecule has 0 aliphatic rings. The van der Waals surface area contributed by atoms with E-state index in [1.54, 1.807) is 48.5 Å². The molecule has 0 radical (unpaired) electrons. The monoisotopic (exact) mass is 346 g/mol. The second kappa shape index (κ2) is 7.42. The van der Waals surface area contributed by atoms with E-state index in [0.29, 0.717) is 28.6 Å². The molecule has 1 heterocycles. The van der Waals surface area contributed by atoms with Crippen molar-refractivity contribution in [2.45, 2.75) is 6.10 Å². The highest BCUT2D eigenvalue weighted by Gasteiger charge is 2.16. The van der Waals surface area contributed by atoms with E-state index in [0.717, 1.165) is 0 Å². The molecule has 1 aromatic heterocycles. The number of carbonyl (C=O) groups is 1. The molecule has 0 aliphatic heterocycles. The zero-order valence-electron chi connectivity index (χ0n) is 13.5. The number of aliphatic hydroxyl groups excluding tert-OH is 1. The van der Waals surface area contributed by atoms with Crippen LogP contribution < -0.4 is 10.5 Å². The molecule has 1 amide bonds.